The second kappa shape index (κ2) is 12.6. The number of hydrogen-bond acceptors (Lipinski definition) is 4. The number of aromatic nitrogens is 1. The quantitative estimate of drug-likeness (QED) is 0.216. The lowest BCUT2D eigenvalue weighted by molar-refractivity contribution is -0.136. The lowest BCUT2D eigenvalue weighted by Gasteiger charge is -2.29. The first kappa shape index (κ1) is 27.1. The number of nitrogens with zero attached hydrogens (tertiary/aromatic N) is 1. The minimum absolute atomic E-state index is 0.000962. The summed E-state index contributed by atoms with van der Waals surface area (Å²) in [4.78, 5) is 27.7. The molecule has 0 saturated carbocycles. The number of pyridine rings is 1. The highest BCUT2D eigenvalue weighted by atomic mass is 35.5. The van der Waals surface area contributed by atoms with Gasteiger partial charge in [-0.2, -0.15) is 0 Å². The summed E-state index contributed by atoms with van der Waals surface area (Å²) >= 11 is 6.21. The molecule has 38 heavy (non-hydrogen) atoms. The van der Waals surface area contributed by atoms with Crippen LogP contribution in [0.25, 0.3) is 10.9 Å². The molecular formula is C31H31ClN2O4. The zero-order valence-electron chi connectivity index (χ0n) is 21.5. The highest BCUT2D eigenvalue weighted by Gasteiger charge is 2.27. The molecule has 0 aliphatic carbocycles. The maximum atomic E-state index is 12.5. The average Bonchev–Trinajstić information content (AvgIpc) is 2.91. The van der Waals surface area contributed by atoms with E-state index in [9.17, 15) is 9.59 Å². The van der Waals surface area contributed by atoms with E-state index in [0.29, 0.717) is 10.6 Å². The van der Waals surface area contributed by atoms with E-state index in [0.717, 1.165) is 46.2 Å². The van der Waals surface area contributed by atoms with Crippen molar-refractivity contribution in [3.05, 3.63) is 106 Å². The minimum Gasteiger partial charge on any atom is -0.484 e. The van der Waals surface area contributed by atoms with Crippen molar-refractivity contribution in [3.8, 4) is 5.75 Å². The van der Waals surface area contributed by atoms with E-state index in [2.05, 4.69) is 23.3 Å². The summed E-state index contributed by atoms with van der Waals surface area (Å²) in [6.45, 7) is 4.26. The average molecular weight is 531 g/mol. The number of aryl methyl sites for hydroxylation is 1. The molecule has 2 N–H and O–H groups in total. The number of fused-ring (bicyclic) bond motifs is 1. The van der Waals surface area contributed by atoms with Gasteiger partial charge in [0.2, 0.25) is 0 Å². The van der Waals surface area contributed by atoms with Gasteiger partial charge in [-0.3, -0.25) is 14.6 Å². The summed E-state index contributed by atoms with van der Waals surface area (Å²) in [7, 11) is 0. The van der Waals surface area contributed by atoms with Crippen LogP contribution in [0.1, 0.15) is 65.3 Å². The number of aliphatic carboxylic acids is 1. The van der Waals surface area contributed by atoms with Crippen molar-refractivity contribution in [1.82, 2.24) is 10.3 Å². The van der Waals surface area contributed by atoms with Crippen molar-refractivity contribution in [2.75, 3.05) is 6.54 Å². The van der Waals surface area contributed by atoms with Gasteiger partial charge in [0, 0.05) is 34.6 Å². The first-order valence-electron chi connectivity index (χ1n) is 12.7. The SMILES string of the molecule is CCC[C@H](c1ccc(C(=O)NCCC(=O)O)cc1)[C@@H](Oc1ccnc2cc(C)ccc12)c1ccc(Cl)cc1. The Morgan fingerprint density at radius 1 is 1.00 bits per heavy atom. The highest BCUT2D eigenvalue weighted by Crippen LogP contribution is 2.40. The van der Waals surface area contributed by atoms with Gasteiger partial charge in [-0.15, -0.1) is 0 Å². The fourth-order valence-electron chi connectivity index (χ4n) is 4.58. The van der Waals surface area contributed by atoms with E-state index >= 15 is 0 Å². The van der Waals surface area contributed by atoms with Gasteiger partial charge in [-0.25, -0.2) is 0 Å². The fraction of sp³-hybridized carbons (Fsp3) is 0.258. The van der Waals surface area contributed by atoms with Crippen LogP contribution in [0.5, 0.6) is 5.75 Å². The first-order chi connectivity index (χ1) is 18.4. The number of hydrogen-bond donors (Lipinski definition) is 2. The number of carboxylic acid groups (broad SMARTS) is 1. The van der Waals surface area contributed by atoms with E-state index in [4.69, 9.17) is 21.4 Å². The molecule has 4 rings (SSSR count). The van der Waals surface area contributed by atoms with Gasteiger partial charge in [0.15, 0.2) is 0 Å². The smallest absolute Gasteiger partial charge is 0.305 e. The van der Waals surface area contributed by atoms with Gasteiger partial charge in [0.25, 0.3) is 5.91 Å². The van der Waals surface area contributed by atoms with Gasteiger partial charge in [0.05, 0.1) is 11.9 Å². The molecule has 6 nitrogen and oxygen atoms in total. The number of carboxylic acids is 1. The van der Waals surface area contributed by atoms with Crippen LogP contribution < -0.4 is 10.1 Å². The van der Waals surface area contributed by atoms with Crippen molar-refractivity contribution < 1.29 is 19.4 Å². The fourth-order valence-corrected chi connectivity index (χ4v) is 4.70. The van der Waals surface area contributed by atoms with Crippen LogP contribution in [-0.4, -0.2) is 28.5 Å². The second-order valence-electron chi connectivity index (χ2n) is 9.34. The lowest BCUT2D eigenvalue weighted by atomic mass is 9.85. The Labute approximate surface area is 227 Å². The van der Waals surface area contributed by atoms with Crippen molar-refractivity contribution in [3.63, 3.8) is 0 Å². The van der Waals surface area contributed by atoms with Crippen LogP contribution in [0.3, 0.4) is 0 Å². The van der Waals surface area contributed by atoms with Crippen LogP contribution >= 0.6 is 11.6 Å². The number of ether oxygens (including phenoxy) is 1. The van der Waals surface area contributed by atoms with Crippen LogP contribution in [0.15, 0.2) is 79.0 Å². The predicted molar refractivity (Wildman–Crippen MR) is 150 cm³/mol. The standard InChI is InChI=1S/C31H31ClN2O4/c1-3-4-25(21-6-8-23(9-7-21)31(37)34-18-16-29(35)36)30(22-10-12-24(32)13-11-22)38-28-15-17-33-27-19-20(2)5-14-26(27)28/h5-15,17,19,25,30H,3-4,16,18H2,1-2H3,(H,34,37)(H,35,36)/t25-,30+/m1/s1. The van der Waals surface area contributed by atoms with Gasteiger partial charge >= 0.3 is 5.97 Å². The number of rotatable bonds is 11. The summed E-state index contributed by atoms with van der Waals surface area (Å²) in [5, 5.41) is 13.1. The number of halogens is 1. The van der Waals surface area contributed by atoms with Crippen molar-refractivity contribution in [2.24, 2.45) is 0 Å². The molecule has 1 heterocycles. The molecule has 0 saturated heterocycles. The molecule has 4 aromatic rings. The highest BCUT2D eigenvalue weighted by molar-refractivity contribution is 6.30. The molecule has 1 amide bonds. The molecule has 196 valence electrons. The Bertz CT molecular complexity index is 1400. The molecule has 0 bridgehead atoms. The zero-order valence-corrected chi connectivity index (χ0v) is 22.2. The molecule has 0 aliphatic heterocycles. The van der Waals surface area contributed by atoms with E-state index < -0.39 is 5.97 Å². The van der Waals surface area contributed by atoms with E-state index in [1.807, 2.05) is 61.5 Å². The number of benzene rings is 3. The maximum absolute atomic E-state index is 12.5. The summed E-state index contributed by atoms with van der Waals surface area (Å²) in [6.07, 6.45) is 3.13. The Morgan fingerprint density at radius 3 is 2.39 bits per heavy atom. The monoisotopic (exact) mass is 530 g/mol. The van der Waals surface area contributed by atoms with Crippen LogP contribution in [-0.2, 0) is 4.79 Å². The van der Waals surface area contributed by atoms with Crippen molar-refractivity contribution >= 4 is 34.4 Å². The molecule has 0 fully saturated rings. The number of carbonyl (C=O) groups excluding carboxylic acids is 1. The van der Waals surface area contributed by atoms with Crippen LogP contribution in [0.2, 0.25) is 5.02 Å². The molecule has 7 heteroatoms. The number of nitrogens with one attached hydrogen (secondary N) is 1. The normalized spacial score (nSPS) is 12.6. The molecule has 0 radical (unpaired) electrons. The third kappa shape index (κ3) is 6.69. The largest absolute Gasteiger partial charge is 0.484 e. The number of carbonyl (C=O) groups is 2. The second-order valence-corrected chi connectivity index (χ2v) is 9.77. The summed E-state index contributed by atoms with van der Waals surface area (Å²) in [5.41, 5.74) is 4.53. The van der Waals surface area contributed by atoms with Gasteiger partial charge in [-0.05, 0) is 72.5 Å². The Hall–Kier alpha value is -3.90. The molecule has 0 unspecified atom stereocenters. The van der Waals surface area contributed by atoms with Crippen LogP contribution in [0, 0.1) is 6.92 Å². The van der Waals surface area contributed by atoms with Gasteiger partial charge in [0.1, 0.15) is 11.9 Å². The lowest BCUT2D eigenvalue weighted by Crippen LogP contribution is -2.26. The summed E-state index contributed by atoms with van der Waals surface area (Å²) < 4.78 is 6.80. The minimum atomic E-state index is -0.951. The third-order valence-corrected chi connectivity index (χ3v) is 6.75. The predicted octanol–water partition coefficient (Wildman–Crippen LogP) is 7.11. The van der Waals surface area contributed by atoms with E-state index in [1.165, 1.54) is 0 Å². The van der Waals surface area contributed by atoms with E-state index in [1.54, 1.807) is 18.3 Å². The maximum Gasteiger partial charge on any atom is 0.305 e. The number of amides is 1. The summed E-state index contributed by atoms with van der Waals surface area (Å²) in [6, 6.07) is 23.2. The Morgan fingerprint density at radius 2 is 1.71 bits per heavy atom. The Balaban J connectivity index is 1.68. The molecule has 3 aromatic carbocycles. The molecular weight excluding hydrogens is 500 g/mol. The van der Waals surface area contributed by atoms with Gasteiger partial charge in [-0.1, -0.05) is 55.3 Å². The van der Waals surface area contributed by atoms with Crippen LogP contribution in [0.4, 0.5) is 0 Å². The van der Waals surface area contributed by atoms with Gasteiger partial charge < -0.3 is 15.2 Å². The molecule has 0 spiro atoms. The van der Waals surface area contributed by atoms with E-state index in [-0.39, 0.29) is 30.9 Å². The zero-order chi connectivity index (χ0) is 27.1. The van der Waals surface area contributed by atoms with Crippen molar-refractivity contribution in [2.45, 2.75) is 45.1 Å². The first-order valence-corrected chi connectivity index (χ1v) is 13.1. The Kier molecular flexibility index (Phi) is 8.98. The molecule has 2 atom stereocenters. The van der Waals surface area contributed by atoms with Crippen molar-refractivity contribution in [1.29, 1.82) is 0 Å². The topological polar surface area (TPSA) is 88.5 Å². The third-order valence-electron chi connectivity index (χ3n) is 6.50. The molecule has 0 aliphatic rings. The summed E-state index contributed by atoms with van der Waals surface area (Å²) in [5.74, 6) is -0.494. The molecule has 1 aromatic heterocycles.